The van der Waals surface area contributed by atoms with Gasteiger partial charge in [-0.3, -0.25) is 9.09 Å². The Morgan fingerprint density at radius 1 is 1.23 bits per heavy atom. The summed E-state index contributed by atoms with van der Waals surface area (Å²) in [6, 6.07) is 1.26. The van der Waals surface area contributed by atoms with Crippen LogP contribution in [0.1, 0.15) is 6.23 Å². The van der Waals surface area contributed by atoms with Crippen LogP contribution < -0.4 is 0 Å². The molecule has 1 aromatic rings. The molecule has 3 unspecified atom stereocenters. The summed E-state index contributed by atoms with van der Waals surface area (Å²) in [7, 11) is -17.2. The zero-order valence-electron chi connectivity index (χ0n) is 14.0. The summed E-state index contributed by atoms with van der Waals surface area (Å²) in [5.41, 5.74) is -3.09. The summed E-state index contributed by atoms with van der Waals surface area (Å²) in [6.45, 7) is 0. The molecule has 14 nitrogen and oxygen atoms in total. The minimum absolute atomic E-state index is 0.157. The van der Waals surface area contributed by atoms with E-state index in [2.05, 4.69) is 18.1 Å². The Hall–Kier alpha value is -0.660. The first-order chi connectivity index (χ1) is 13.5. The van der Waals surface area contributed by atoms with Crippen molar-refractivity contribution >= 4 is 47.9 Å². The predicted octanol–water partition coefficient (Wildman–Crippen LogP) is 1.18. The van der Waals surface area contributed by atoms with Crippen LogP contribution in [-0.2, 0) is 31.6 Å². The van der Waals surface area contributed by atoms with Gasteiger partial charge in [0.2, 0.25) is 12.0 Å². The average Bonchev–Trinajstić information content (AvgIpc) is 2.76. The number of rotatable bonds is 7. The van der Waals surface area contributed by atoms with Crippen molar-refractivity contribution in [1.82, 2.24) is 9.55 Å². The summed E-state index contributed by atoms with van der Waals surface area (Å²) in [6.07, 6.45) is -0.500. The summed E-state index contributed by atoms with van der Waals surface area (Å²) >= 11 is 9.79. The summed E-state index contributed by atoms with van der Waals surface area (Å²) in [4.78, 5) is 38.1. The molecule has 0 radical (unpaired) electrons. The highest BCUT2D eigenvalue weighted by Crippen LogP contribution is 2.67. The number of phosphoric acid groups is 3. The number of alkyl halides is 1. The maximum atomic E-state index is 15.2. The number of halogens is 1. The Morgan fingerprint density at radius 3 is 2.33 bits per heavy atom. The molecule has 0 aromatic carbocycles. The molecule has 168 valence electrons. The number of aromatic nitrogens is 2. The number of terminal acetylenes is 1. The monoisotopic (exact) mass is 528 g/mol. The van der Waals surface area contributed by atoms with Crippen LogP contribution in [0.25, 0.3) is 0 Å². The Kier molecular flexibility index (Phi) is 7.43. The lowest BCUT2D eigenvalue weighted by atomic mass is 10.00. The van der Waals surface area contributed by atoms with Gasteiger partial charge in [-0.2, -0.15) is 8.62 Å². The van der Waals surface area contributed by atoms with Gasteiger partial charge in [0.25, 0.3) is 0 Å². The molecule has 6 atom stereocenters. The molecule has 0 aliphatic carbocycles. The van der Waals surface area contributed by atoms with Gasteiger partial charge in [0.05, 0.1) is 0 Å². The number of nitrogens with zero attached hydrogens (tertiary/aromatic N) is 1. The molecule has 0 spiro atoms. The summed E-state index contributed by atoms with van der Waals surface area (Å²) in [5.74, 6) is 1.60. The molecule has 6 N–H and O–H groups in total. The SMILES string of the molecule is C#CC1(F)[C@@H](O)[C@@H](OP(=O)(O)OP(=O)(O)OP(=O)(O)O)O[C@H]1n1ccc(=S)[nH]c1=S. The summed E-state index contributed by atoms with van der Waals surface area (Å²) < 4.78 is 66.3. The largest absolute Gasteiger partial charge is 0.490 e. The van der Waals surface area contributed by atoms with E-state index in [1.54, 1.807) is 5.92 Å². The van der Waals surface area contributed by atoms with E-state index in [9.17, 15) is 23.7 Å². The van der Waals surface area contributed by atoms with Crippen LogP contribution in [-0.4, -0.2) is 52.3 Å². The molecular formula is C10H12FN2O12P3S2. The standard InChI is InChI=1S/C10H12FN2O12P3S2/c1-2-10(11)6(14)7(22-8(10)13-4-3-5(29)12-9(13)30)23-27(18,19)25-28(20,21)24-26(15,16)17/h1,3-4,6-8,14H,(H,18,19)(H,20,21)(H,12,29,30)(H2,15,16,17)/t6-,7+,8+,10?/m0/s1. The third-order valence-electron chi connectivity index (χ3n) is 3.29. The van der Waals surface area contributed by atoms with Crippen LogP contribution in [0.3, 0.4) is 0 Å². The van der Waals surface area contributed by atoms with Crippen molar-refractivity contribution in [2.45, 2.75) is 24.3 Å². The van der Waals surface area contributed by atoms with E-state index < -0.39 is 47.8 Å². The highest BCUT2D eigenvalue weighted by Gasteiger charge is 2.60. The molecule has 0 amide bonds. The van der Waals surface area contributed by atoms with Gasteiger partial charge in [-0.05, 0) is 18.3 Å². The number of hydrogen-bond acceptors (Lipinski definition) is 10. The quantitative estimate of drug-likeness (QED) is 0.167. The number of phosphoric ester groups is 1. The van der Waals surface area contributed by atoms with Crippen molar-refractivity contribution in [3.05, 3.63) is 21.7 Å². The van der Waals surface area contributed by atoms with E-state index in [-0.39, 0.29) is 9.41 Å². The van der Waals surface area contributed by atoms with E-state index in [0.717, 1.165) is 10.8 Å². The van der Waals surface area contributed by atoms with E-state index in [1.165, 1.54) is 6.07 Å². The second kappa shape index (κ2) is 8.70. The highest BCUT2D eigenvalue weighted by atomic mass is 32.1. The Labute approximate surface area is 176 Å². The third kappa shape index (κ3) is 5.98. The number of nitrogens with one attached hydrogen (secondary N) is 1. The van der Waals surface area contributed by atoms with Crippen LogP contribution in [0.15, 0.2) is 12.3 Å². The molecule has 0 bridgehead atoms. The van der Waals surface area contributed by atoms with E-state index in [4.69, 9.17) is 50.3 Å². The molecule has 2 heterocycles. The molecule has 1 aliphatic rings. The van der Waals surface area contributed by atoms with Crippen LogP contribution in [0.5, 0.6) is 0 Å². The van der Waals surface area contributed by atoms with Crippen molar-refractivity contribution in [2.24, 2.45) is 0 Å². The Balaban J connectivity index is 2.31. The zero-order chi connectivity index (χ0) is 23.1. The maximum Gasteiger partial charge on any atom is 0.490 e. The number of ether oxygens (including phenoxy) is 1. The Morgan fingerprint density at radius 2 is 1.83 bits per heavy atom. The van der Waals surface area contributed by atoms with Gasteiger partial charge in [0.1, 0.15) is 4.64 Å². The molecular weight excluding hydrogens is 516 g/mol. The van der Waals surface area contributed by atoms with Crippen LogP contribution in [0.4, 0.5) is 4.39 Å². The van der Waals surface area contributed by atoms with Crippen LogP contribution in [0, 0.1) is 21.8 Å². The van der Waals surface area contributed by atoms with E-state index in [1.807, 2.05) is 0 Å². The van der Waals surface area contributed by atoms with E-state index >= 15 is 4.39 Å². The van der Waals surface area contributed by atoms with Crippen molar-refractivity contribution in [3.8, 4) is 12.3 Å². The Bertz CT molecular complexity index is 1130. The van der Waals surface area contributed by atoms with Gasteiger partial charge in [0, 0.05) is 6.20 Å². The number of aliphatic hydroxyl groups is 1. The predicted molar refractivity (Wildman–Crippen MR) is 98.0 cm³/mol. The first-order valence-electron chi connectivity index (χ1n) is 7.13. The van der Waals surface area contributed by atoms with E-state index in [0.29, 0.717) is 0 Å². The second-order valence-electron chi connectivity index (χ2n) is 5.43. The first kappa shape index (κ1) is 25.6. The lowest BCUT2D eigenvalue weighted by Crippen LogP contribution is -2.41. The van der Waals surface area contributed by atoms with Gasteiger partial charge in [0.15, 0.2) is 17.1 Å². The number of H-pyrrole nitrogens is 1. The molecule has 20 heteroatoms. The smallest absolute Gasteiger partial charge is 0.383 e. The molecule has 1 aromatic heterocycles. The zero-order valence-corrected chi connectivity index (χ0v) is 18.4. The third-order valence-corrected chi connectivity index (χ3v) is 7.64. The summed E-state index contributed by atoms with van der Waals surface area (Å²) in [5, 5.41) is 10.1. The minimum Gasteiger partial charge on any atom is -0.383 e. The van der Waals surface area contributed by atoms with Gasteiger partial charge in [-0.25, -0.2) is 18.1 Å². The highest BCUT2D eigenvalue weighted by molar-refractivity contribution is 7.72. The van der Waals surface area contributed by atoms with Gasteiger partial charge >= 0.3 is 23.5 Å². The molecule has 1 saturated heterocycles. The topological polar surface area (TPSA) is 210 Å². The molecule has 30 heavy (non-hydrogen) atoms. The number of aliphatic hydroxyl groups excluding tert-OH is 1. The van der Waals surface area contributed by atoms with Gasteiger partial charge in [-0.1, -0.05) is 18.1 Å². The van der Waals surface area contributed by atoms with Gasteiger partial charge in [-0.15, -0.1) is 6.42 Å². The fourth-order valence-electron chi connectivity index (χ4n) is 2.19. The maximum absolute atomic E-state index is 15.2. The minimum atomic E-state index is -5.85. The van der Waals surface area contributed by atoms with Crippen LogP contribution in [0.2, 0.25) is 0 Å². The molecule has 1 aliphatic heterocycles. The van der Waals surface area contributed by atoms with Crippen molar-refractivity contribution in [1.29, 1.82) is 0 Å². The second-order valence-corrected chi connectivity index (χ2v) is 10.6. The lowest BCUT2D eigenvalue weighted by Gasteiger charge is -2.24. The first-order valence-corrected chi connectivity index (χ1v) is 12.5. The van der Waals surface area contributed by atoms with Crippen molar-refractivity contribution in [2.75, 3.05) is 0 Å². The fourth-order valence-corrected chi connectivity index (χ4v) is 5.77. The molecule has 1 fully saturated rings. The molecule has 0 saturated carbocycles. The number of hydrogen-bond donors (Lipinski definition) is 6. The average molecular weight is 528 g/mol. The van der Waals surface area contributed by atoms with Crippen LogP contribution >= 0.6 is 47.9 Å². The van der Waals surface area contributed by atoms with Crippen molar-refractivity contribution in [3.63, 3.8) is 0 Å². The lowest BCUT2D eigenvalue weighted by molar-refractivity contribution is -0.134. The van der Waals surface area contributed by atoms with Crippen molar-refractivity contribution < 1.29 is 60.6 Å². The fraction of sp³-hybridized carbons (Fsp3) is 0.400. The van der Waals surface area contributed by atoms with Gasteiger partial charge < -0.3 is 34.4 Å². The number of aromatic amines is 1. The molecule has 2 rings (SSSR count). The normalized spacial score (nSPS) is 30.9.